The Morgan fingerprint density at radius 2 is 0.730 bits per heavy atom. The van der Waals surface area contributed by atoms with Crippen molar-refractivity contribution in [3.8, 4) is 11.1 Å². The van der Waals surface area contributed by atoms with Crippen LogP contribution in [0.3, 0.4) is 0 Å². The van der Waals surface area contributed by atoms with Gasteiger partial charge in [0.25, 0.3) is 0 Å². The van der Waals surface area contributed by atoms with E-state index in [9.17, 15) is 0 Å². The molecule has 0 N–H and O–H groups in total. The summed E-state index contributed by atoms with van der Waals surface area (Å²) < 4.78 is 0. The van der Waals surface area contributed by atoms with E-state index in [-0.39, 0.29) is 5.41 Å². The highest BCUT2D eigenvalue weighted by Gasteiger charge is 2.45. The Hall–Kier alpha value is -3.90. The van der Waals surface area contributed by atoms with Gasteiger partial charge in [0.15, 0.2) is 0 Å². The zero-order valence-corrected chi connectivity index (χ0v) is 23.0. The maximum Gasteiger partial charge on any atom is 0.0713 e. The second-order valence-electron chi connectivity index (χ2n) is 8.94. The summed E-state index contributed by atoms with van der Waals surface area (Å²) in [5.41, 5.74) is 9.12. The van der Waals surface area contributed by atoms with Gasteiger partial charge in [0.2, 0.25) is 0 Å². The molecule has 0 atom stereocenters. The number of benzene rings is 5. The zero-order valence-electron chi connectivity index (χ0n) is 23.0. The highest BCUT2D eigenvalue weighted by molar-refractivity contribution is 5.86. The van der Waals surface area contributed by atoms with Crippen molar-refractivity contribution in [2.45, 2.75) is 46.5 Å². The minimum Gasteiger partial charge on any atom is -0.0683 e. The molecule has 0 spiro atoms. The first-order valence-electron chi connectivity index (χ1n) is 13.6. The maximum atomic E-state index is 2.29. The number of hydrogen-bond acceptors (Lipinski definition) is 0. The molecule has 0 heterocycles. The number of fused-ring (bicyclic) bond motifs is 3. The summed E-state index contributed by atoms with van der Waals surface area (Å²) in [6, 6.07) is 49.7. The third-order valence-corrected chi connectivity index (χ3v) is 6.31. The monoisotopic (exact) mass is 484 g/mol. The van der Waals surface area contributed by atoms with E-state index < -0.39 is 0 Å². The van der Waals surface area contributed by atoms with E-state index in [1.807, 2.05) is 32.0 Å². The molecule has 0 saturated heterocycles. The Kier molecular flexibility index (Phi) is 10.5. The Labute approximate surface area is 224 Å². The predicted molar refractivity (Wildman–Crippen MR) is 162 cm³/mol. The van der Waals surface area contributed by atoms with Gasteiger partial charge in [-0.15, -0.1) is 0 Å². The molecule has 5 aromatic rings. The highest BCUT2D eigenvalue weighted by Crippen LogP contribution is 2.55. The highest BCUT2D eigenvalue weighted by atomic mass is 14.5. The van der Waals surface area contributed by atoms with Gasteiger partial charge in [-0.1, -0.05) is 179 Å². The van der Waals surface area contributed by atoms with Crippen molar-refractivity contribution in [1.82, 2.24) is 0 Å². The van der Waals surface area contributed by atoms with Crippen molar-refractivity contribution in [2.75, 3.05) is 0 Å². The van der Waals surface area contributed by atoms with Crippen LogP contribution in [0.25, 0.3) is 11.1 Å². The lowest BCUT2D eigenvalue weighted by atomic mass is 9.68. The van der Waals surface area contributed by atoms with Crippen LogP contribution in [0.15, 0.2) is 140 Å². The minimum atomic E-state index is -0.254. The van der Waals surface area contributed by atoms with E-state index in [4.69, 9.17) is 0 Å². The molecule has 5 aromatic carbocycles. The van der Waals surface area contributed by atoms with Gasteiger partial charge in [-0.05, 0) is 40.3 Å². The van der Waals surface area contributed by atoms with Gasteiger partial charge in [-0.25, -0.2) is 0 Å². The van der Waals surface area contributed by atoms with Crippen LogP contribution in [0.2, 0.25) is 0 Å². The van der Waals surface area contributed by atoms with E-state index >= 15 is 0 Å². The third kappa shape index (κ3) is 5.92. The fourth-order valence-electron chi connectivity index (χ4n) is 4.93. The molecule has 0 radical (unpaired) electrons. The van der Waals surface area contributed by atoms with Gasteiger partial charge in [-0.2, -0.15) is 0 Å². The Bertz CT molecular complexity index is 1230. The van der Waals surface area contributed by atoms with E-state index in [1.54, 1.807) is 0 Å². The molecule has 0 nitrogen and oxygen atoms in total. The molecule has 0 unspecified atom stereocenters. The van der Waals surface area contributed by atoms with E-state index in [0.717, 1.165) is 0 Å². The summed E-state index contributed by atoms with van der Waals surface area (Å²) in [5.74, 6) is 0. The predicted octanol–water partition coefficient (Wildman–Crippen LogP) is 10.5. The topological polar surface area (TPSA) is 0 Å². The second kappa shape index (κ2) is 14.0. The molecular weight excluding hydrogens is 444 g/mol. The molecule has 0 aliphatic heterocycles. The average Bonchev–Trinajstić information content (AvgIpc) is 3.28. The van der Waals surface area contributed by atoms with Crippen LogP contribution in [-0.2, 0) is 5.41 Å². The quantitative estimate of drug-likeness (QED) is 0.229. The second-order valence-corrected chi connectivity index (χ2v) is 8.94. The van der Waals surface area contributed by atoms with Crippen LogP contribution >= 0.6 is 0 Å². The van der Waals surface area contributed by atoms with Crippen LogP contribution in [0.1, 0.15) is 61.9 Å². The van der Waals surface area contributed by atoms with Crippen LogP contribution in [0, 0.1) is 6.92 Å². The van der Waals surface area contributed by atoms with Crippen molar-refractivity contribution in [2.24, 2.45) is 0 Å². The first kappa shape index (κ1) is 27.7. The largest absolute Gasteiger partial charge is 0.0713 e. The molecule has 0 heteroatoms. The lowest BCUT2D eigenvalue weighted by Crippen LogP contribution is -2.28. The Morgan fingerprint density at radius 3 is 1.05 bits per heavy atom. The first-order valence-corrected chi connectivity index (χ1v) is 13.6. The third-order valence-electron chi connectivity index (χ3n) is 6.31. The molecule has 37 heavy (non-hydrogen) atoms. The van der Waals surface area contributed by atoms with Crippen molar-refractivity contribution in [3.63, 3.8) is 0 Å². The van der Waals surface area contributed by atoms with Crippen molar-refractivity contribution < 1.29 is 0 Å². The average molecular weight is 485 g/mol. The van der Waals surface area contributed by atoms with Crippen LogP contribution in [0.5, 0.6) is 0 Å². The van der Waals surface area contributed by atoms with E-state index in [2.05, 4.69) is 142 Å². The van der Waals surface area contributed by atoms with E-state index in [0.29, 0.717) is 0 Å². The van der Waals surface area contributed by atoms with Gasteiger partial charge in [-0.3, -0.25) is 0 Å². The minimum absolute atomic E-state index is 0.254. The van der Waals surface area contributed by atoms with E-state index in [1.165, 1.54) is 45.4 Å². The molecule has 1 aliphatic carbocycles. The standard InChI is InChI=1S/C25H18.C7H8.C3H8.C2H6/c1-3-11-19(12-4-1)25(20-13-5-2-6-14-20)23-17-9-7-15-21(23)22-16-8-10-18-24(22)25;1-7-5-3-2-4-6-7;1-3-2;1-2/h1-18H;2-6H,1H3;3H2,1-2H3;1-2H3. The summed E-state index contributed by atoms with van der Waals surface area (Å²) in [6.07, 6.45) is 1.25. The fourth-order valence-corrected chi connectivity index (χ4v) is 4.93. The normalized spacial score (nSPS) is 11.7. The molecular formula is C37H40. The van der Waals surface area contributed by atoms with Crippen LogP contribution in [0.4, 0.5) is 0 Å². The molecule has 0 bridgehead atoms. The lowest BCUT2D eigenvalue weighted by Gasteiger charge is -2.33. The summed E-state index contributed by atoms with van der Waals surface area (Å²) in [5, 5.41) is 0. The lowest BCUT2D eigenvalue weighted by molar-refractivity contribution is 0.768. The zero-order chi connectivity index (χ0) is 26.5. The fraction of sp³-hybridized carbons (Fsp3) is 0.189. The molecule has 1 aliphatic rings. The molecule has 188 valence electrons. The summed E-state index contributed by atoms with van der Waals surface area (Å²) in [6.45, 7) is 10.3. The molecule has 0 fully saturated rings. The Morgan fingerprint density at radius 1 is 0.432 bits per heavy atom. The maximum absolute atomic E-state index is 2.29. The van der Waals surface area contributed by atoms with Crippen LogP contribution < -0.4 is 0 Å². The van der Waals surface area contributed by atoms with Crippen LogP contribution in [-0.4, -0.2) is 0 Å². The number of rotatable bonds is 2. The molecule has 0 saturated carbocycles. The molecule has 0 amide bonds. The van der Waals surface area contributed by atoms with Gasteiger partial charge in [0.1, 0.15) is 0 Å². The summed E-state index contributed by atoms with van der Waals surface area (Å²) in [4.78, 5) is 0. The number of aryl methyl sites for hydroxylation is 1. The van der Waals surface area contributed by atoms with Crippen molar-refractivity contribution in [1.29, 1.82) is 0 Å². The Balaban J connectivity index is 0.000000267. The van der Waals surface area contributed by atoms with Gasteiger partial charge in [0.05, 0.1) is 5.41 Å². The van der Waals surface area contributed by atoms with Gasteiger partial charge >= 0.3 is 0 Å². The van der Waals surface area contributed by atoms with Crippen molar-refractivity contribution >= 4 is 0 Å². The van der Waals surface area contributed by atoms with Gasteiger partial charge in [0, 0.05) is 0 Å². The molecule has 6 rings (SSSR count). The SMILES string of the molecule is CC.CCC.Cc1ccccc1.c1ccc(C2(c3ccccc3)c3ccccc3-c3ccccc32)cc1. The van der Waals surface area contributed by atoms with Gasteiger partial charge < -0.3 is 0 Å². The summed E-state index contributed by atoms with van der Waals surface area (Å²) in [7, 11) is 0. The first-order chi connectivity index (χ1) is 18.2. The molecule has 0 aromatic heterocycles. The summed E-state index contributed by atoms with van der Waals surface area (Å²) >= 11 is 0. The smallest absolute Gasteiger partial charge is 0.0683 e. The number of hydrogen-bond donors (Lipinski definition) is 0. The van der Waals surface area contributed by atoms with Crippen molar-refractivity contribution in [3.05, 3.63) is 167 Å².